The first-order chi connectivity index (χ1) is 12.6. The Bertz CT molecular complexity index is 1020. The summed E-state index contributed by atoms with van der Waals surface area (Å²) >= 11 is 0. The number of pyridine rings is 1. The van der Waals surface area contributed by atoms with Crippen LogP contribution in [-0.4, -0.2) is 23.4 Å². The van der Waals surface area contributed by atoms with Gasteiger partial charge in [-0.2, -0.15) is 0 Å². The molecule has 0 spiro atoms. The fourth-order valence-electron chi connectivity index (χ4n) is 3.63. The van der Waals surface area contributed by atoms with E-state index in [2.05, 4.69) is 10.3 Å². The number of benzene rings is 1. The van der Waals surface area contributed by atoms with Crippen molar-refractivity contribution in [1.82, 2.24) is 8.96 Å². The van der Waals surface area contributed by atoms with Crippen molar-refractivity contribution >= 4 is 26.7 Å². The van der Waals surface area contributed by atoms with Crippen LogP contribution in [0.5, 0.6) is 0 Å². The molecule has 0 aliphatic heterocycles. The summed E-state index contributed by atoms with van der Waals surface area (Å²) in [6.45, 7) is 1.94. The first-order valence-corrected chi connectivity index (χ1v) is 10.5. The lowest BCUT2D eigenvalue weighted by Gasteiger charge is -2.24. The van der Waals surface area contributed by atoms with Crippen LogP contribution < -0.4 is 5.32 Å². The zero-order valence-corrected chi connectivity index (χ0v) is 15.7. The average Bonchev–Trinajstić information content (AvgIpc) is 3.09. The van der Waals surface area contributed by atoms with Crippen molar-refractivity contribution in [2.24, 2.45) is 0 Å². The summed E-state index contributed by atoms with van der Waals surface area (Å²) in [5, 5.41) is 4.43. The summed E-state index contributed by atoms with van der Waals surface area (Å²) < 4.78 is 27.3. The Labute approximate surface area is 154 Å². The molecule has 0 atom stereocenters. The number of aryl methyl sites for hydroxylation is 1. The van der Waals surface area contributed by atoms with E-state index in [4.69, 9.17) is 0 Å². The number of fused-ring (bicyclic) bond motifs is 1. The molecule has 0 unspecified atom stereocenters. The molecule has 1 aliphatic carbocycles. The molecule has 6 heteroatoms. The Balaban J connectivity index is 1.73. The Morgan fingerprint density at radius 3 is 2.50 bits per heavy atom. The highest BCUT2D eigenvalue weighted by Gasteiger charge is 2.21. The minimum atomic E-state index is -3.66. The fraction of sp³-hybridized carbons (Fsp3) is 0.350. The van der Waals surface area contributed by atoms with Gasteiger partial charge < -0.3 is 5.32 Å². The molecule has 1 aromatic carbocycles. The number of rotatable bonds is 4. The van der Waals surface area contributed by atoms with Crippen LogP contribution >= 0.6 is 0 Å². The van der Waals surface area contributed by atoms with Crippen LogP contribution in [0.4, 0.5) is 5.69 Å². The maximum atomic E-state index is 13.0. The lowest BCUT2D eigenvalue weighted by atomic mass is 9.95. The van der Waals surface area contributed by atoms with Crippen LogP contribution in [0.25, 0.3) is 11.0 Å². The van der Waals surface area contributed by atoms with Gasteiger partial charge in [-0.25, -0.2) is 17.4 Å². The van der Waals surface area contributed by atoms with E-state index >= 15 is 0 Å². The summed E-state index contributed by atoms with van der Waals surface area (Å²) in [5.74, 6) is 0. The number of anilines is 1. The van der Waals surface area contributed by atoms with E-state index in [-0.39, 0.29) is 4.90 Å². The van der Waals surface area contributed by atoms with Crippen molar-refractivity contribution in [1.29, 1.82) is 0 Å². The molecule has 1 fully saturated rings. The van der Waals surface area contributed by atoms with Gasteiger partial charge in [0.15, 0.2) is 5.65 Å². The molecule has 2 heterocycles. The highest BCUT2D eigenvalue weighted by Crippen LogP contribution is 2.29. The van der Waals surface area contributed by atoms with Crippen LogP contribution in [-0.2, 0) is 10.0 Å². The van der Waals surface area contributed by atoms with E-state index in [1.807, 2.05) is 31.2 Å². The SMILES string of the molecule is Cc1ccc(S(=O)(=O)n2ccc3c(NC4CCCCC4)ccnc32)cc1. The standard InChI is InChI=1S/C20H23N3O2S/c1-15-7-9-17(10-8-15)26(24,25)23-14-12-18-19(11-13-21-20(18)23)22-16-5-3-2-4-6-16/h7-14,16H,2-6H2,1H3,(H,21,22). The molecule has 1 saturated carbocycles. The molecule has 2 aromatic heterocycles. The summed E-state index contributed by atoms with van der Waals surface area (Å²) in [4.78, 5) is 4.62. The number of hydrogen-bond acceptors (Lipinski definition) is 4. The van der Waals surface area contributed by atoms with Crippen molar-refractivity contribution in [3.05, 3.63) is 54.4 Å². The van der Waals surface area contributed by atoms with Crippen LogP contribution in [0.1, 0.15) is 37.7 Å². The normalized spacial score (nSPS) is 16.0. The number of nitrogens with one attached hydrogen (secondary N) is 1. The Kier molecular flexibility index (Phi) is 4.44. The molecule has 0 saturated heterocycles. The molecule has 1 aliphatic rings. The highest BCUT2D eigenvalue weighted by atomic mass is 32.2. The first-order valence-electron chi connectivity index (χ1n) is 9.10. The molecule has 3 aromatic rings. The Morgan fingerprint density at radius 2 is 1.77 bits per heavy atom. The lowest BCUT2D eigenvalue weighted by Crippen LogP contribution is -2.22. The first kappa shape index (κ1) is 17.1. The molecule has 0 radical (unpaired) electrons. The number of nitrogens with zero attached hydrogens (tertiary/aromatic N) is 2. The van der Waals surface area contributed by atoms with Gasteiger partial charge in [-0.15, -0.1) is 0 Å². The second-order valence-electron chi connectivity index (χ2n) is 7.00. The molecular weight excluding hydrogens is 346 g/mol. The van der Waals surface area contributed by atoms with Crippen molar-refractivity contribution in [2.45, 2.75) is 50.0 Å². The van der Waals surface area contributed by atoms with Crippen molar-refractivity contribution in [3.63, 3.8) is 0 Å². The quantitative estimate of drug-likeness (QED) is 0.744. The third-order valence-corrected chi connectivity index (χ3v) is 6.78. The molecule has 1 N–H and O–H groups in total. The molecule has 5 nitrogen and oxygen atoms in total. The summed E-state index contributed by atoms with van der Waals surface area (Å²) in [6.07, 6.45) is 9.38. The predicted octanol–water partition coefficient (Wildman–Crippen LogP) is 4.33. The van der Waals surface area contributed by atoms with Gasteiger partial charge in [0.2, 0.25) is 0 Å². The topological polar surface area (TPSA) is 64.0 Å². The highest BCUT2D eigenvalue weighted by molar-refractivity contribution is 7.90. The molecule has 0 bridgehead atoms. The molecule has 136 valence electrons. The van der Waals surface area contributed by atoms with E-state index in [1.165, 1.54) is 23.2 Å². The summed E-state index contributed by atoms with van der Waals surface area (Å²) in [5.41, 5.74) is 2.45. The smallest absolute Gasteiger partial charge is 0.269 e. The van der Waals surface area contributed by atoms with E-state index in [1.54, 1.807) is 24.5 Å². The minimum absolute atomic E-state index is 0.271. The maximum absolute atomic E-state index is 13.0. The van der Waals surface area contributed by atoms with Crippen molar-refractivity contribution < 1.29 is 8.42 Å². The minimum Gasteiger partial charge on any atom is -0.382 e. The van der Waals surface area contributed by atoms with Crippen LogP contribution in [0.3, 0.4) is 0 Å². The lowest BCUT2D eigenvalue weighted by molar-refractivity contribution is 0.463. The van der Waals surface area contributed by atoms with Crippen LogP contribution in [0, 0.1) is 6.92 Å². The summed E-state index contributed by atoms with van der Waals surface area (Å²) in [7, 11) is -3.66. The third-order valence-electron chi connectivity index (χ3n) is 5.10. The monoisotopic (exact) mass is 369 g/mol. The molecule has 26 heavy (non-hydrogen) atoms. The van der Waals surface area contributed by atoms with Crippen LogP contribution in [0.15, 0.2) is 53.7 Å². The number of hydrogen-bond donors (Lipinski definition) is 1. The van der Waals surface area contributed by atoms with Gasteiger partial charge in [0.05, 0.1) is 4.90 Å². The van der Waals surface area contributed by atoms with E-state index in [9.17, 15) is 8.42 Å². The average molecular weight is 369 g/mol. The largest absolute Gasteiger partial charge is 0.382 e. The summed E-state index contributed by atoms with van der Waals surface area (Å²) in [6, 6.07) is 11.1. The molecule has 4 rings (SSSR count). The van der Waals surface area contributed by atoms with E-state index in [0.29, 0.717) is 11.7 Å². The Hall–Kier alpha value is -2.34. The number of aromatic nitrogens is 2. The molecule has 0 amide bonds. The van der Waals surface area contributed by atoms with Gasteiger partial charge in [-0.3, -0.25) is 0 Å². The molecular formula is C20H23N3O2S. The van der Waals surface area contributed by atoms with Gasteiger partial charge in [-0.05, 0) is 44.0 Å². The second-order valence-corrected chi connectivity index (χ2v) is 8.82. The van der Waals surface area contributed by atoms with Gasteiger partial charge >= 0.3 is 0 Å². The Morgan fingerprint density at radius 1 is 1.04 bits per heavy atom. The fourth-order valence-corrected chi connectivity index (χ4v) is 4.93. The third kappa shape index (κ3) is 3.09. The maximum Gasteiger partial charge on any atom is 0.269 e. The van der Waals surface area contributed by atoms with Gasteiger partial charge in [0.25, 0.3) is 10.0 Å². The van der Waals surface area contributed by atoms with E-state index < -0.39 is 10.0 Å². The second kappa shape index (κ2) is 6.76. The zero-order chi connectivity index (χ0) is 18.1. The zero-order valence-electron chi connectivity index (χ0n) is 14.9. The van der Waals surface area contributed by atoms with Gasteiger partial charge in [0.1, 0.15) is 0 Å². The van der Waals surface area contributed by atoms with E-state index in [0.717, 1.165) is 29.5 Å². The predicted molar refractivity (Wildman–Crippen MR) is 104 cm³/mol. The van der Waals surface area contributed by atoms with Crippen molar-refractivity contribution in [2.75, 3.05) is 5.32 Å². The van der Waals surface area contributed by atoms with Gasteiger partial charge in [0, 0.05) is 29.5 Å². The van der Waals surface area contributed by atoms with Crippen molar-refractivity contribution in [3.8, 4) is 0 Å². The van der Waals surface area contributed by atoms with Crippen LogP contribution in [0.2, 0.25) is 0 Å². The van der Waals surface area contributed by atoms with Gasteiger partial charge in [-0.1, -0.05) is 37.0 Å².